The molecule has 0 saturated heterocycles. The molecule has 0 bridgehead atoms. The number of aromatic amines is 1. The second-order valence-electron chi connectivity index (χ2n) is 4.32. The van der Waals surface area contributed by atoms with Crippen LogP contribution in [0.1, 0.15) is 30.0 Å². The van der Waals surface area contributed by atoms with Gasteiger partial charge in [0.1, 0.15) is 11.3 Å². The number of carboxylic acid groups (broad SMARTS) is 1. The first kappa shape index (κ1) is 11.4. The van der Waals surface area contributed by atoms with Gasteiger partial charge < -0.3 is 14.6 Å². The first-order chi connectivity index (χ1) is 8.09. The third-order valence-electron chi connectivity index (χ3n) is 2.42. The molecule has 2 N–H and O–H groups in total. The van der Waals surface area contributed by atoms with Crippen molar-refractivity contribution in [2.75, 3.05) is 0 Å². The van der Waals surface area contributed by atoms with Crippen LogP contribution in [0.15, 0.2) is 22.9 Å². The van der Waals surface area contributed by atoms with Crippen LogP contribution in [-0.4, -0.2) is 21.2 Å². The van der Waals surface area contributed by atoms with E-state index < -0.39 is 5.97 Å². The summed E-state index contributed by atoms with van der Waals surface area (Å²) in [6.07, 6.45) is 2.28. The summed E-state index contributed by atoms with van der Waals surface area (Å²) in [6, 6.07) is 3.56. The quantitative estimate of drug-likeness (QED) is 0.852. The summed E-state index contributed by atoms with van der Waals surface area (Å²) in [7, 11) is 0. The Bertz CT molecular complexity index is 512. The molecule has 0 fully saturated rings. The number of rotatable bonds is 4. The van der Waals surface area contributed by atoms with Gasteiger partial charge in [-0.15, -0.1) is 0 Å². The lowest BCUT2D eigenvalue weighted by Gasteiger charge is -2.01. The summed E-state index contributed by atoms with van der Waals surface area (Å²) in [5.41, 5.74) is 1.17. The fourth-order valence-corrected chi connectivity index (χ4v) is 1.72. The molecule has 0 aliphatic rings. The van der Waals surface area contributed by atoms with Gasteiger partial charge in [-0.1, -0.05) is 19.0 Å². The fourth-order valence-electron chi connectivity index (χ4n) is 1.72. The van der Waals surface area contributed by atoms with Crippen molar-refractivity contribution in [1.29, 1.82) is 0 Å². The second-order valence-corrected chi connectivity index (χ2v) is 4.32. The summed E-state index contributed by atoms with van der Waals surface area (Å²) >= 11 is 0. The van der Waals surface area contributed by atoms with Crippen LogP contribution < -0.4 is 0 Å². The Morgan fingerprint density at radius 2 is 2.35 bits per heavy atom. The maximum atomic E-state index is 11.3. The van der Waals surface area contributed by atoms with Crippen molar-refractivity contribution >= 4 is 5.97 Å². The Morgan fingerprint density at radius 3 is 2.88 bits per heavy atom. The lowest BCUT2D eigenvalue weighted by molar-refractivity contribution is 0.0695. The Morgan fingerprint density at radius 1 is 1.59 bits per heavy atom. The Kier molecular flexibility index (Phi) is 2.99. The van der Waals surface area contributed by atoms with Gasteiger partial charge in [0.2, 0.25) is 0 Å². The minimum Gasteiger partial charge on any atom is -0.477 e. The van der Waals surface area contributed by atoms with Crippen molar-refractivity contribution in [2.24, 2.45) is 5.92 Å². The summed E-state index contributed by atoms with van der Waals surface area (Å²) in [5.74, 6) is -0.263. The number of hydrogen-bond acceptors (Lipinski definition) is 3. The molecule has 0 atom stereocenters. The van der Waals surface area contributed by atoms with E-state index in [4.69, 9.17) is 4.52 Å². The highest BCUT2D eigenvalue weighted by molar-refractivity contribution is 5.95. The predicted octanol–water partition coefficient (Wildman–Crippen LogP) is 2.57. The lowest BCUT2D eigenvalue weighted by Crippen LogP contribution is -2.04. The monoisotopic (exact) mass is 234 g/mol. The molecule has 0 saturated carbocycles. The zero-order valence-electron chi connectivity index (χ0n) is 9.73. The van der Waals surface area contributed by atoms with Gasteiger partial charge in [0.25, 0.3) is 0 Å². The molecule has 0 spiro atoms. The molecular formula is C12H14N2O3. The van der Waals surface area contributed by atoms with E-state index in [-0.39, 0.29) is 5.56 Å². The molecule has 0 aromatic carbocycles. The maximum Gasteiger partial charge on any atom is 0.341 e. The van der Waals surface area contributed by atoms with Crippen molar-refractivity contribution in [1.82, 2.24) is 10.1 Å². The minimum absolute atomic E-state index is 0.154. The Hall–Kier alpha value is -2.04. The molecule has 0 radical (unpaired) electrons. The smallest absolute Gasteiger partial charge is 0.341 e. The molecule has 17 heavy (non-hydrogen) atoms. The second kappa shape index (κ2) is 4.45. The van der Waals surface area contributed by atoms with Crippen molar-refractivity contribution in [2.45, 2.75) is 20.3 Å². The van der Waals surface area contributed by atoms with Crippen LogP contribution in [0.5, 0.6) is 0 Å². The number of carboxylic acids is 1. The maximum absolute atomic E-state index is 11.3. The van der Waals surface area contributed by atoms with Crippen LogP contribution in [0.25, 0.3) is 11.4 Å². The third kappa shape index (κ3) is 2.22. The highest BCUT2D eigenvalue weighted by Gasteiger charge is 2.24. The van der Waals surface area contributed by atoms with E-state index in [0.29, 0.717) is 29.5 Å². The molecule has 0 aliphatic heterocycles. The molecule has 0 amide bonds. The van der Waals surface area contributed by atoms with Crippen LogP contribution in [0, 0.1) is 5.92 Å². The first-order valence-corrected chi connectivity index (χ1v) is 5.45. The van der Waals surface area contributed by atoms with E-state index in [1.54, 1.807) is 18.3 Å². The van der Waals surface area contributed by atoms with Gasteiger partial charge >= 0.3 is 5.97 Å². The molecular weight excluding hydrogens is 220 g/mol. The van der Waals surface area contributed by atoms with Crippen LogP contribution in [0.3, 0.4) is 0 Å². The van der Waals surface area contributed by atoms with Crippen molar-refractivity contribution < 1.29 is 14.4 Å². The molecule has 5 nitrogen and oxygen atoms in total. The molecule has 2 rings (SSSR count). The van der Waals surface area contributed by atoms with Gasteiger partial charge in [-0.3, -0.25) is 0 Å². The molecule has 2 heterocycles. The average Bonchev–Trinajstić information content (AvgIpc) is 2.82. The molecule has 2 aromatic rings. The minimum atomic E-state index is -1.01. The van der Waals surface area contributed by atoms with E-state index in [9.17, 15) is 9.90 Å². The molecule has 90 valence electrons. The first-order valence-electron chi connectivity index (χ1n) is 5.45. The number of nitrogens with one attached hydrogen (secondary N) is 1. The number of aromatic nitrogens is 2. The normalized spacial score (nSPS) is 11.0. The van der Waals surface area contributed by atoms with Crippen molar-refractivity contribution in [3.63, 3.8) is 0 Å². The van der Waals surface area contributed by atoms with E-state index in [0.717, 1.165) is 0 Å². The van der Waals surface area contributed by atoms with Gasteiger partial charge in [-0.05, 0) is 18.1 Å². The van der Waals surface area contributed by atoms with Gasteiger partial charge in [-0.25, -0.2) is 4.79 Å². The van der Waals surface area contributed by atoms with Crippen LogP contribution in [0.2, 0.25) is 0 Å². The largest absolute Gasteiger partial charge is 0.477 e. The van der Waals surface area contributed by atoms with Crippen LogP contribution >= 0.6 is 0 Å². The highest BCUT2D eigenvalue weighted by atomic mass is 16.5. The van der Waals surface area contributed by atoms with Gasteiger partial charge in [-0.2, -0.15) is 0 Å². The van der Waals surface area contributed by atoms with Crippen molar-refractivity contribution in [3.05, 3.63) is 29.7 Å². The highest BCUT2D eigenvalue weighted by Crippen LogP contribution is 2.25. The van der Waals surface area contributed by atoms with E-state index in [1.165, 1.54) is 0 Å². The predicted molar refractivity (Wildman–Crippen MR) is 61.8 cm³/mol. The van der Waals surface area contributed by atoms with E-state index in [1.807, 2.05) is 13.8 Å². The standard InChI is InChI=1S/C12H14N2O3/c1-7(2)6-9-10(12(15)16)11(14-17-9)8-4-3-5-13-8/h3-5,7,13H,6H2,1-2H3,(H,15,16). The zero-order valence-corrected chi connectivity index (χ0v) is 9.73. The number of H-pyrrole nitrogens is 1. The number of carbonyl (C=O) groups is 1. The van der Waals surface area contributed by atoms with Gasteiger partial charge in [0, 0.05) is 12.6 Å². The van der Waals surface area contributed by atoms with Crippen molar-refractivity contribution in [3.8, 4) is 11.4 Å². The summed E-state index contributed by atoms with van der Waals surface area (Å²) in [6.45, 7) is 4.00. The number of nitrogens with zero attached hydrogens (tertiary/aromatic N) is 1. The summed E-state index contributed by atoms with van der Waals surface area (Å²) in [4.78, 5) is 14.2. The SMILES string of the molecule is CC(C)Cc1onc(-c2ccc[nH]2)c1C(=O)O. The van der Waals surface area contributed by atoms with Gasteiger partial charge in [0.15, 0.2) is 5.76 Å². The van der Waals surface area contributed by atoms with Crippen LogP contribution in [0.4, 0.5) is 0 Å². The summed E-state index contributed by atoms with van der Waals surface area (Å²) in [5, 5.41) is 13.1. The number of aromatic carboxylic acids is 1. The van der Waals surface area contributed by atoms with Gasteiger partial charge in [0.05, 0.1) is 5.69 Å². The average molecular weight is 234 g/mol. The molecule has 2 aromatic heterocycles. The summed E-state index contributed by atoms with van der Waals surface area (Å²) < 4.78 is 5.14. The molecule has 0 unspecified atom stereocenters. The zero-order chi connectivity index (χ0) is 12.4. The molecule has 0 aliphatic carbocycles. The van der Waals surface area contributed by atoms with Crippen LogP contribution in [-0.2, 0) is 6.42 Å². The molecule has 5 heteroatoms. The topological polar surface area (TPSA) is 79.1 Å². The third-order valence-corrected chi connectivity index (χ3v) is 2.42. The van der Waals surface area contributed by atoms with E-state index in [2.05, 4.69) is 10.1 Å². The Labute approximate surface area is 98.4 Å². The van der Waals surface area contributed by atoms with E-state index >= 15 is 0 Å². The fraction of sp³-hybridized carbons (Fsp3) is 0.333. The Balaban J connectivity index is 2.47. The lowest BCUT2D eigenvalue weighted by atomic mass is 10.0. The number of hydrogen-bond donors (Lipinski definition) is 2.